The van der Waals surface area contributed by atoms with Crippen LogP contribution >= 0.6 is 11.3 Å². The van der Waals surface area contributed by atoms with Gasteiger partial charge < -0.3 is 5.11 Å². The normalized spacial score (nSPS) is 11.0. The molecule has 0 fully saturated rings. The van der Waals surface area contributed by atoms with E-state index >= 15 is 0 Å². The Hall–Kier alpha value is -3.44. The number of phenolic OH excluding ortho intramolecular Hbond substituents is 1. The van der Waals surface area contributed by atoms with Crippen LogP contribution in [0.15, 0.2) is 90.0 Å². The van der Waals surface area contributed by atoms with Crippen molar-refractivity contribution in [3.05, 3.63) is 90.5 Å². The molecule has 0 radical (unpaired) electrons. The number of phenols is 1. The van der Waals surface area contributed by atoms with Crippen LogP contribution in [0.4, 0.5) is 5.13 Å². The van der Waals surface area contributed by atoms with Crippen LogP contribution in [0.25, 0.3) is 21.7 Å². The Morgan fingerprint density at radius 3 is 2.11 bits per heavy atom. The Bertz CT molecular complexity index is 985. The zero-order valence-electron chi connectivity index (χ0n) is 14.4. The van der Waals surface area contributed by atoms with Crippen molar-refractivity contribution in [1.82, 2.24) is 4.98 Å². The molecule has 27 heavy (non-hydrogen) atoms. The summed E-state index contributed by atoms with van der Waals surface area (Å²) in [6.45, 7) is 0. The highest BCUT2D eigenvalue weighted by Gasteiger charge is 2.14. The molecule has 132 valence electrons. The Kier molecular flexibility index (Phi) is 4.94. The van der Waals surface area contributed by atoms with Crippen LogP contribution in [-0.4, -0.2) is 16.3 Å². The highest BCUT2D eigenvalue weighted by Crippen LogP contribution is 2.38. The van der Waals surface area contributed by atoms with Crippen molar-refractivity contribution in [2.24, 2.45) is 5.10 Å². The van der Waals surface area contributed by atoms with Gasteiger partial charge in [0, 0.05) is 5.56 Å². The topological polar surface area (TPSA) is 57.5 Å². The second-order valence-electron chi connectivity index (χ2n) is 5.89. The molecule has 4 nitrogen and oxygen atoms in total. The first-order valence-electron chi connectivity index (χ1n) is 8.49. The first-order chi connectivity index (χ1) is 13.3. The molecule has 0 aliphatic rings. The molecule has 0 aliphatic carbocycles. The highest BCUT2D eigenvalue weighted by molar-refractivity contribution is 7.19. The molecule has 0 atom stereocenters. The third kappa shape index (κ3) is 4.04. The maximum absolute atomic E-state index is 9.34. The van der Waals surface area contributed by atoms with Crippen LogP contribution in [0.3, 0.4) is 0 Å². The van der Waals surface area contributed by atoms with Gasteiger partial charge in [-0.25, -0.2) is 4.98 Å². The van der Waals surface area contributed by atoms with Crippen molar-refractivity contribution in [1.29, 1.82) is 0 Å². The van der Waals surface area contributed by atoms with Crippen molar-refractivity contribution in [2.75, 3.05) is 5.43 Å². The largest absolute Gasteiger partial charge is 0.508 e. The molecule has 1 aromatic heterocycles. The van der Waals surface area contributed by atoms with Crippen LogP contribution in [0.2, 0.25) is 0 Å². The second kappa shape index (κ2) is 7.85. The number of aromatic nitrogens is 1. The maximum Gasteiger partial charge on any atom is 0.204 e. The number of hydrazone groups is 1. The summed E-state index contributed by atoms with van der Waals surface area (Å²) in [6.07, 6.45) is 1.70. The van der Waals surface area contributed by atoms with Gasteiger partial charge >= 0.3 is 0 Å². The van der Waals surface area contributed by atoms with Gasteiger partial charge in [0.05, 0.1) is 16.8 Å². The summed E-state index contributed by atoms with van der Waals surface area (Å²) in [5, 5.41) is 14.3. The summed E-state index contributed by atoms with van der Waals surface area (Å²) in [6, 6.07) is 27.2. The summed E-state index contributed by atoms with van der Waals surface area (Å²) in [7, 11) is 0. The number of anilines is 1. The van der Waals surface area contributed by atoms with E-state index in [2.05, 4.69) is 34.8 Å². The first kappa shape index (κ1) is 17.0. The first-order valence-corrected chi connectivity index (χ1v) is 9.31. The van der Waals surface area contributed by atoms with Gasteiger partial charge in [0.15, 0.2) is 0 Å². The molecule has 0 amide bonds. The Morgan fingerprint density at radius 2 is 1.44 bits per heavy atom. The molecule has 2 N–H and O–H groups in total. The van der Waals surface area contributed by atoms with Gasteiger partial charge in [-0.05, 0) is 35.4 Å². The minimum absolute atomic E-state index is 0.236. The van der Waals surface area contributed by atoms with E-state index < -0.39 is 0 Å². The van der Waals surface area contributed by atoms with Gasteiger partial charge in [-0.15, -0.1) is 0 Å². The van der Waals surface area contributed by atoms with Gasteiger partial charge in [-0.1, -0.05) is 72.0 Å². The van der Waals surface area contributed by atoms with Crippen molar-refractivity contribution in [3.8, 4) is 27.4 Å². The molecule has 5 heteroatoms. The number of benzene rings is 3. The van der Waals surface area contributed by atoms with Gasteiger partial charge in [-0.3, -0.25) is 5.43 Å². The van der Waals surface area contributed by atoms with E-state index in [9.17, 15) is 5.11 Å². The standard InChI is InChI=1S/C22H17N3OS/c26-19-13-11-16(12-14-19)15-23-25-22-24-20(17-7-3-1-4-8-17)21(27-22)18-9-5-2-6-10-18/h1-15,26H,(H,24,25). The molecule has 0 spiro atoms. The number of thiazole rings is 1. The number of aromatic hydroxyl groups is 1. The maximum atomic E-state index is 9.34. The van der Waals surface area contributed by atoms with Crippen LogP contribution in [0.1, 0.15) is 5.56 Å². The van der Waals surface area contributed by atoms with E-state index in [0.29, 0.717) is 0 Å². The van der Waals surface area contributed by atoms with Crippen molar-refractivity contribution in [3.63, 3.8) is 0 Å². The van der Waals surface area contributed by atoms with Crippen LogP contribution in [0.5, 0.6) is 5.75 Å². The Morgan fingerprint density at radius 1 is 0.815 bits per heavy atom. The molecule has 1 heterocycles. The SMILES string of the molecule is Oc1ccc(C=NNc2nc(-c3ccccc3)c(-c3ccccc3)s2)cc1. The van der Waals surface area contributed by atoms with Gasteiger partial charge in [0.1, 0.15) is 5.75 Å². The summed E-state index contributed by atoms with van der Waals surface area (Å²) < 4.78 is 0. The average molecular weight is 371 g/mol. The van der Waals surface area contributed by atoms with E-state index in [4.69, 9.17) is 4.98 Å². The van der Waals surface area contributed by atoms with Crippen LogP contribution < -0.4 is 5.43 Å². The zero-order chi connectivity index (χ0) is 18.5. The van der Waals surface area contributed by atoms with Crippen LogP contribution in [0, 0.1) is 0 Å². The van der Waals surface area contributed by atoms with Gasteiger partial charge in [0.25, 0.3) is 0 Å². The Balaban J connectivity index is 1.64. The number of hydrogen-bond donors (Lipinski definition) is 2. The lowest BCUT2D eigenvalue weighted by atomic mass is 10.1. The molecule has 0 saturated carbocycles. The second-order valence-corrected chi connectivity index (χ2v) is 6.89. The molecular formula is C22H17N3OS. The van der Waals surface area contributed by atoms with Crippen molar-refractivity contribution in [2.45, 2.75) is 0 Å². The van der Waals surface area contributed by atoms with Crippen LogP contribution in [-0.2, 0) is 0 Å². The monoisotopic (exact) mass is 371 g/mol. The fraction of sp³-hybridized carbons (Fsp3) is 0. The molecule has 0 saturated heterocycles. The minimum atomic E-state index is 0.236. The third-order valence-corrected chi connectivity index (χ3v) is 4.99. The number of nitrogens with zero attached hydrogens (tertiary/aromatic N) is 2. The van der Waals surface area contributed by atoms with E-state index in [-0.39, 0.29) is 5.75 Å². The van der Waals surface area contributed by atoms with Crippen molar-refractivity contribution < 1.29 is 5.11 Å². The van der Waals surface area contributed by atoms with E-state index in [1.165, 1.54) is 0 Å². The molecule has 4 aromatic rings. The predicted molar refractivity (Wildman–Crippen MR) is 112 cm³/mol. The molecule has 3 aromatic carbocycles. The van der Waals surface area contributed by atoms with E-state index in [0.717, 1.165) is 32.4 Å². The lowest BCUT2D eigenvalue weighted by Crippen LogP contribution is -1.90. The number of rotatable bonds is 5. The van der Waals surface area contributed by atoms with E-state index in [1.807, 2.05) is 36.4 Å². The average Bonchev–Trinajstić information content (AvgIpc) is 3.15. The van der Waals surface area contributed by atoms with E-state index in [1.54, 1.807) is 41.8 Å². The molecule has 0 unspecified atom stereocenters. The van der Waals surface area contributed by atoms with Crippen molar-refractivity contribution >= 4 is 22.7 Å². The fourth-order valence-corrected chi connectivity index (χ4v) is 3.61. The third-order valence-electron chi connectivity index (χ3n) is 3.98. The molecule has 4 rings (SSSR count). The number of hydrogen-bond acceptors (Lipinski definition) is 5. The minimum Gasteiger partial charge on any atom is -0.508 e. The fourth-order valence-electron chi connectivity index (χ4n) is 2.67. The van der Waals surface area contributed by atoms with Gasteiger partial charge in [0.2, 0.25) is 5.13 Å². The smallest absolute Gasteiger partial charge is 0.204 e. The lowest BCUT2D eigenvalue weighted by Gasteiger charge is -2.02. The number of nitrogens with one attached hydrogen (secondary N) is 1. The highest BCUT2D eigenvalue weighted by atomic mass is 32.1. The summed E-state index contributed by atoms with van der Waals surface area (Å²) >= 11 is 1.57. The summed E-state index contributed by atoms with van der Waals surface area (Å²) in [5.41, 5.74) is 7.05. The zero-order valence-corrected chi connectivity index (χ0v) is 15.2. The summed E-state index contributed by atoms with van der Waals surface area (Å²) in [5.74, 6) is 0.236. The quantitative estimate of drug-likeness (QED) is 0.353. The molecule has 0 bridgehead atoms. The van der Waals surface area contributed by atoms with Gasteiger partial charge in [-0.2, -0.15) is 5.10 Å². The molecular weight excluding hydrogens is 354 g/mol. The predicted octanol–water partition coefficient (Wildman–Crippen LogP) is 5.63. The summed E-state index contributed by atoms with van der Waals surface area (Å²) in [4.78, 5) is 5.86. The Labute approximate surface area is 161 Å². The lowest BCUT2D eigenvalue weighted by molar-refractivity contribution is 0.475. The molecule has 0 aliphatic heterocycles.